The molecule has 1 aromatic rings. The number of hydrogen-bond acceptors (Lipinski definition) is 4. The average Bonchev–Trinajstić information content (AvgIpc) is 2.78. The van der Waals surface area contributed by atoms with E-state index < -0.39 is 17.7 Å². The van der Waals surface area contributed by atoms with Crippen LogP contribution in [0.2, 0.25) is 0 Å². The first-order valence-electron chi connectivity index (χ1n) is 6.70. The van der Waals surface area contributed by atoms with Gasteiger partial charge in [-0.1, -0.05) is 37.5 Å². The maximum absolute atomic E-state index is 12.2. The van der Waals surface area contributed by atoms with Crippen molar-refractivity contribution in [3.63, 3.8) is 0 Å². The summed E-state index contributed by atoms with van der Waals surface area (Å²) in [5, 5.41) is 4.77. The Morgan fingerprint density at radius 2 is 1.91 bits per heavy atom. The third-order valence-electron chi connectivity index (χ3n) is 3.13. The first-order chi connectivity index (χ1) is 11.0. The Morgan fingerprint density at radius 3 is 2.57 bits per heavy atom. The summed E-state index contributed by atoms with van der Waals surface area (Å²) in [7, 11) is 0. The summed E-state index contributed by atoms with van der Waals surface area (Å²) >= 11 is 0. The number of nitrogen functional groups attached to an aromatic ring is 1. The van der Waals surface area contributed by atoms with Gasteiger partial charge in [0.1, 0.15) is 0 Å². The van der Waals surface area contributed by atoms with Crippen LogP contribution in [-0.2, 0) is 4.79 Å². The Balaban J connectivity index is 2.29. The van der Waals surface area contributed by atoms with Crippen LogP contribution in [0.3, 0.4) is 0 Å². The van der Waals surface area contributed by atoms with Gasteiger partial charge in [-0.25, -0.2) is 0 Å². The lowest BCUT2D eigenvalue weighted by Crippen LogP contribution is -2.20. The van der Waals surface area contributed by atoms with E-state index in [2.05, 4.69) is 23.8 Å². The molecule has 0 radical (unpaired) electrons. The molecule has 116 valence electrons. The largest absolute Gasteiger partial charge is 0.398 e. The van der Waals surface area contributed by atoms with Gasteiger partial charge >= 0.3 is 0 Å². The van der Waals surface area contributed by atoms with E-state index in [1.165, 1.54) is 18.2 Å². The predicted octanol–water partition coefficient (Wildman–Crippen LogP) is 1.95. The number of amides is 3. The summed E-state index contributed by atoms with van der Waals surface area (Å²) in [6.45, 7) is 7.11. The highest BCUT2D eigenvalue weighted by atomic mass is 16.2. The van der Waals surface area contributed by atoms with Gasteiger partial charge < -0.3 is 11.1 Å². The number of hydrogen-bond donors (Lipinski definition) is 3. The number of carbonyl (C=O) groups is 3. The van der Waals surface area contributed by atoms with Crippen molar-refractivity contribution < 1.29 is 14.4 Å². The maximum Gasteiger partial charge on any atom is 0.261 e. The SMILES string of the molecule is C=C/C=C\C=C(/C=C)C(=O)Nc1cc(N)c2c(c1)C(=O)NC2=O. The lowest BCUT2D eigenvalue weighted by atomic mass is 10.1. The van der Waals surface area contributed by atoms with Gasteiger partial charge in [-0.15, -0.1) is 0 Å². The van der Waals surface area contributed by atoms with E-state index in [0.29, 0.717) is 11.3 Å². The molecule has 0 bridgehead atoms. The first kappa shape index (κ1) is 16.0. The Kier molecular flexibility index (Phi) is 4.56. The number of benzene rings is 1. The van der Waals surface area contributed by atoms with Crippen LogP contribution in [0.25, 0.3) is 0 Å². The molecule has 4 N–H and O–H groups in total. The van der Waals surface area contributed by atoms with Crippen LogP contribution < -0.4 is 16.4 Å². The third kappa shape index (κ3) is 3.26. The molecule has 0 atom stereocenters. The second kappa shape index (κ2) is 6.57. The van der Waals surface area contributed by atoms with Gasteiger partial charge in [0.15, 0.2) is 0 Å². The summed E-state index contributed by atoms with van der Waals surface area (Å²) in [4.78, 5) is 35.5. The van der Waals surface area contributed by atoms with E-state index in [1.807, 2.05) is 0 Å². The summed E-state index contributed by atoms with van der Waals surface area (Å²) in [5.74, 6) is -1.50. The molecule has 1 heterocycles. The fraction of sp³-hybridized carbons (Fsp3) is 0. The molecule has 0 saturated carbocycles. The van der Waals surface area contributed by atoms with E-state index in [9.17, 15) is 14.4 Å². The van der Waals surface area contributed by atoms with Crippen LogP contribution in [0, 0.1) is 0 Å². The molecule has 0 fully saturated rings. The molecule has 6 heteroatoms. The van der Waals surface area contributed by atoms with Crippen molar-refractivity contribution >= 4 is 29.1 Å². The van der Waals surface area contributed by atoms with Gasteiger partial charge in [-0.05, 0) is 18.2 Å². The van der Waals surface area contributed by atoms with Crippen molar-refractivity contribution in [1.82, 2.24) is 5.32 Å². The summed E-state index contributed by atoms with van der Waals surface area (Å²) in [5.41, 5.74) is 6.81. The normalized spacial score (nSPS) is 13.7. The molecule has 3 amide bonds. The molecule has 0 spiro atoms. The van der Waals surface area contributed by atoms with Crippen molar-refractivity contribution in [2.45, 2.75) is 0 Å². The van der Waals surface area contributed by atoms with Crippen molar-refractivity contribution in [3.8, 4) is 0 Å². The molecular weight excluding hydrogens is 294 g/mol. The molecule has 1 aromatic carbocycles. The van der Waals surface area contributed by atoms with Crippen LogP contribution in [0.1, 0.15) is 20.7 Å². The number of fused-ring (bicyclic) bond motifs is 1. The number of imide groups is 1. The second-order valence-electron chi connectivity index (χ2n) is 4.67. The Bertz CT molecular complexity index is 789. The zero-order valence-corrected chi connectivity index (χ0v) is 12.3. The number of nitrogens with two attached hydrogens (primary N) is 1. The molecule has 1 aliphatic heterocycles. The van der Waals surface area contributed by atoms with Crippen molar-refractivity contribution in [1.29, 1.82) is 0 Å². The number of anilines is 2. The smallest absolute Gasteiger partial charge is 0.261 e. The second-order valence-corrected chi connectivity index (χ2v) is 4.67. The molecule has 23 heavy (non-hydrogen) atoms. The van der Waals surface area contributed by atoms with Gasteiger partial charge in [0, 0.05) is 16.9 Å². The van der Waals surface area contributed by atoms with Gasteiger partial charge in [0.2, 0.25) is 0 Å². The fourth-order valence-corrected chi connectivity index (χ4v) is 2.08. The van der Waals surface area contributed by atoms with Gasteiger partial charge in [-0.3, -0.25) is 19.7 Å². The topological polar surface area (TPSA) is 101 Å². The average molecular weight is 309 g/mol. The molecule has 0 unspecified atom stereocenters. The number of rotatable bonds is 5. The van der Waals surface area contributed by atoms with Crippen molar-refractivity contribution in [2.75, 3.05) is 11.1 Å². The molecule has 0 saturated heterocycles. The Hall–Kier alpha value is -3.41. The number of nitrogens with one attached hydrogen (secondary N) is 2. The minimum absolute atomic E-state index is 0.122. The highest BCUT2D eigenvalue weighted by molar-refractivity contribution is 6.24. The molecule has 2 rings (SSSR count). The molecule has 6 nitrogen and oxygen atoms in total. The van der Waals surface area contributed by atoms with E-state index in [1.54, 1.807) is 24.3 Å². The van der Waals surface area contributed by atoms with E-state index >= 15 is 0 Å². The third-order valence-corrected chi connectivity index (χ3v) is 3.13. The monoisotopic (exact) mass is 309 g/mol. The number of allylic oxidation sites excluding steroid dienone is 4. The van der Waals surface area contributed by atoms with Gasteiger partial charge in [0.05, 0.1) is 11.1 Å². The van der Waals surface area contributed by atoms with Crippen LogP contribution in [0.5, 0.6) is 0 Å². The maximum atomic E-state index is 12.2. The Morgan fingerprint density at radius 1 is 1.17 bits per heavy atom. The summed E-state index contributed by atoms with van der Waals surface area (Å²) in [6.07, 6.45) is 7.85. The van der Waals surface area contributed by atoms with E-state index in [0.717, 1.165) is 0 Å². The Labute approximate surface area is 133 Å². The quantitative estimate of drug-likeness (QED) is 0.335. The van der Waals surface area contributed by atoms with E-state index in [-0.39, 0.29) is 16.8 Å². The zero-order chi connectivity index (χ0) is 17.0. The van der Waals surface area contributed by atoms with Crippen molar-refractivity contribution in [2.24, 2.45) is 0 Å². The zero-order valence-electron chi connectivity index (χ0n) is 12.3. The highest BCUT2D eigenvalue weighted by Gasteiger charge is 2.29. The lowest BCUT2D eigenvalue weighted by molar-refractivity contribution is -0.112. The molecular formula is C17H15N3O3. The lowest BCUT2D eigenvalue weighted by Gasteiger charge is -2.08. The van der Waals surface area contributed by atoms with Crippen molar-refractivity contribution in [3.05, 3.63) is 72.4 Å². The fourth-order valence-electron chi connectivity index (χ4n) is 2.08. The predicted molar refractivity (Wildman–Crippen MR) is 88.9 cm³/mol. The minimum Gasteiger partial charge on any atom is -0.398 e. The molecule has 1 aliphatic rings. The molecule has 0 aromatic heterocycles. The first-order valence-corrected chi connectivity index (χ1v) is 6.70. The van der Waals surface area contributed by atoms with Crippen LogP contribution in [-0.4, -0.2) is 17.7 Å². The van der Waals surface area contributed by atoms with E-state index in [4.69, 9.17) is 5.73 Å². The number of carbonyl (C=O) groups excluding carboxylic acids is 3. The summed E-state index contributed by atoms with van der Waals surface area (Å²) < 4.78 is 0. The standard InChI is InChI=1S/C17H15N3O3/c1-3-5-6-7-10(4-2)15(21)19-11-8-12-14(13(18)9-11)17(23)20-16(12)22/h3-9H,1-2,18H2,(H,19,21)(H,20,22,23)/b6-5-,10-7+. The minimum atomic E-state index is -0.541. The van der Waals surface area contributed by atoms with Gasteiger partial charge in [-0.2, -0.15) is 0 Å². The van der Waals surface area contributed by atoms with Gasteiger partial charge in [0.25, 0.3) is 17.7 Å². The van der Waals surface area contributed by atoms with Crippen LogP contribution in [0.15, 0.2) is 61.2 Å². The highest BCUT2D eigenvalue weighted by Crippen LogP contribution is 2.27. The van der Waals surface area contributed by atoms with Crippen LogP contribution in [0.4, 0.5) is 11.4 Å². The molecule has 0 aliphatic carbocycles. The summed E-state index contributed by atoms with van der Waals surface area (Å²) in [6, 6.07) is 2.83. The van der Waals surface area contributed by atoms with Crippen LogP contribution >= 0.6 is 0 Å².